The second-order valence-corrected chi connectivity index (χ2v) is 4.52. The van der Waals surface area contributed by atoms with E-state index in [4.69, 9.17) is 5.73 Å². The molecule has 1 unspecified atom stereocenters. The van der Waals surface area contributed by atoms with Crippen LogP contribution in [0.5, 0.6) is 0 Å². The molecule has 0 saturated heterocycles. The lowest BCUT2D eigenvalue weighted by Gasteiger charge is -2.09. The number of nitro benzene ring substituents is 1. The fourth-order valence-electron chi connectivity index (χ4n) is 1.08. The monoisotopic (exact) mass is 321 g/mol. The summed E-state index contributed by atoms with van der Waals surface area (Å²) < 4.78 is 0.839. The minimum Gasteiger partial charge on any atom is -0.378 e. The Morgan fingerprint density at radius 1 is 1.67 bits per heavy atom. The highest BCUT2D eigenvalue weighted by Gasteiger charge is 2.13. The molecule has 0 bridgehead atoms. The van der Waals surface area contributed by atoms with Gasteiger partial charge in [0, 0.05) is 22.2 Å². The van der Waals surface area contributed by atoms with Gasteiger partial charge in [0.25, 0.3) is 5.69 Å². The molecule has 5 nitrogen and oxygen atoms in total. The van der Waals surface area contributed by atoms with Gasteiger partial charge in [0.05, 0.1) is 4.92 Å². The molecule has 6 heteroatoms. The van der Waals surface area contributed by atoms with E-state index in [1.54, 1.807) is 6.07 Å². The first-order valence-electron chi connectivity index (χ1n) is 4.44. The lowest BCUT2D eigenvalue weighted by Crippen LogP contribution is -2.25. The van der Waals surface area contributed by atoms with Gasteiger partial charge in [-0.25, -0.2) is 0 Å². The third-order valence-electron chi connectivity index (χ3n) is 1.77. The van der Waals surface area contributed by atoms with Crippen LogP contribution in [0, 0.1) is 13.7 Å². The van der Waals surface area contributed by atoms with Crippen LogP contribution in [0.15, 0.2) is 18.2 Å². The van der Waals surface area contributed by atoms with Crippen molar-refractivity contribution < 1.29 is 4.92 Å². The molecule has 1 aromatic rings. The number of nitrogens with zero attached hydrogens (tertiary/aromatic N) is 1. The SMILES string of the molecule is CC(N)CNc1ccc(I)cc1[N+](=O)[O-]. The highest BCUT2D eigenvalue weighted by molar-refractivity contribution is 14.1. The second-order valence-electron chi connectivity index (χ2n) is 3.28. The maximum Gasteiger partial charge on any atom is 0.293 e. The molecule has 0 amide bonds. The van der Waals surface area contributed by atoms with E-state index in [2.05, 4.69) is 5.32 Å². The van der Waals surface area contributed by atoms with E-state index in [-0.39, 0.29) is 11.7 Å². The van der Waals surface area contributed by atoms with Crippen LogP contribution < -0.4 is 11.1 Å². The number of nitrogens with two attached hydrogens (primary N) is 1. The Morgan fingerprint density at radius 3 is 2.87 bits per heavy atom. The van der Waals surface area contributed by atoms with Gasteiger partial charge in [0.1, 0.15) is 5.69 Å². The first-order valence-corrected chi connectivity index (χ1v) is 5.52. The zero-order valence-corrected chi connectivity index (χ0v) is 10.4. The van der Waals surface area contributed by atoms with E-state index in [1.165, 1.54) is 6.07 Å². The van der Waals surface area contributed by atoms with Gasteiger partial charge in [-0.15, -0.1) is 0 Å². The van der Waals surface area contributed by atoms with Crippen molar-refractivity contribution in [1.29, 1.82) is 0 Å². The second kappa shape index (κ2) is 5.26. The van der Waals surface area contributed by atoms with Crippen LogP contribution in [0.2, 0.25) is 0 Å². The molecule has 0 aromatic heterocycles. The Bertz CT molecular complexity index is 368. The molecule has 82 valence electrons. The predicted octanol–water partition coefficient (Wildman–Crippen LogP) is 1.96. The van der Waals surface area contributed by atoms with Gasteiger partial charge in [-0.05, 0) is 41.6 Å². The summed E-state index contributed by atoms with van der Waals surface area (Å²) in [6, 6.07) is 5.01. The average Bonchev–Trinajstić information content (AvgIpc) is 2.15. The fourth-order valence-corrected chi connectivity index (χ4v) is 1.55. The topological polar surface area (TPSA) is 81.2 Å². The summed E-state index contributed by atoms with van der Waals surface area (Å²) in [5, 5.41) is 13.7. The molecular weight excluding hydrogens is 309 g/mol. The van der Waals surface area contributed by atoms with Crippen LogP contribution in [0.25, 0.3) is 0 Å². The minimum absolute atomic E-state index is 0.0381. The molecule has 0 aliphatic heterocycles. The van der Waals surface area contributed by atoms with Crippen molar-refractivity contribution in [2.24, 2.45) is 5.73 Å². The highest BCUT2D eigenvalue weighted by Crippen LogP contribution is 2.25. The molecule has 0 aliphatic carbocycles. The van der Waals surface area contributed by atoms with Crippen molar-refractivity contribution in [2.45, 2.75) is 13.0 Å². The molecule has 1 rings (SSSR count). The summed E-state index contributed by atoms with van der Waals surface area (Å²) in [5.74, 6) is 0. The maximum atomic E-state index is 10.7. The van der Waals surface area contributed by atoms with Crippen molar-refractivity contribution in [3.05, 3.63) is 31.9 Å². The van der Waals surface area contributed by atoms with Gasteiger partial charge < -0.3 is 11.1 Å². The average molecular weight is 321 g/mol. The zero-order valence-electron chi connectivity index (χ0n) is 8.24. The Kier molecular flexibility index (Phi) is 4.28. The van der Waals surface area contributed by atoms with Gasteiger partial charge in [0.2, 0.25) is 0 Å². The Balaban J connectivity index is 2.91. The molecule has 0 fully saturated rings. The van der Waals surface area contributed by atoms with Crippen LogP contribution in [-0.4, -0.2) is 17.5 Å². The molecule has 3 N–H and O–H groups in total. The van der Waals surface area contributed by atoms with E-state index >= 15 is 0 Å². The van der Waals surface area contributed by atoms with E-state index < -0.39 is 4.92 Å². The molecule has 0 saturated carbocycles. The normalized spacial score (nSPS) is 12.2. The summed E-state index contributed by atoms with van der Waals surface area (Å²) in [6.07, 6.45) is 0. The number of halogens is 1. The first-order chi connectivity index (χ1) is 7.00. The minimum atomic E-state index is -0.397. The van der Waals surface area contributed by atoms with Crippen molar-refractivity contribution in [3.63, 3.8) is 0 Å². The third-order valence-corrected chi connectivity index (χ3v) is 2.44. The highest BCUT2D eigenvalue weighted by atomic mass is 127. The van der Waals surface area contributed by atoms with Crippen LogP contribution in [0.1, 0.15) is 6.92 Å². The van der Waals surface area contributed by atoms with E-state index in [0.29, 0.717) is 12.2 Å². The fraction of sp³-hybridized carbons (Fsp3) is 0.333. The standard InChI is InChI=1S/C9H12IN3O2/c1-6(11)5-12-8-3-2-7(10)4-9(8)13(14)15/h2-4,6,12H,5,11H2,1H3. The number of benzene rings is 1. The first kappa shape index (κ1) is 12.2. The van der Waals surface area contributed by atoms with E-state index in [1.807, 2.05) is 35.6 Å². The van der Waals surface area contributed by atoms with Gasteiger partial charge in [0.15, 0.2) is 0 Å². The summed E-state index contributed by atoms with van der Waals surface area (Å²) in [6.45, 7) is 2.35. The quantitative estimate of drug-likeness (QED) is 0.505. The van der Waals surface area contributed by atoms with Crippen molar-refractivity contribution in [2.75, 3.05) is 11.9 Å². The molecule has 1 aromatic carbocycles. The third kappa shape index (κ3) is 3.63. The number of nitrogens with one attached hydrogen (secondary N) is 1. The summed E-state index contributed by atoms with van der Waals surface area (Å²) in [5.41, 5.74) is 6.16. The lowest BCUT2D eigenvalue weighted by atomic mass is 10.2. The van der Waals surface area contributed by atoms with Crippen LogP contribution in [0.4, 0.5) is 11.4 Å². The molecular formula is C9H12IN3O2. The Morgan fingerprint density at radius 2 is 2.33 bits per heavy atom. The van der Waals surface area contributed by atoms with E-state index in [0.717, 1.165) is 3.57 Å². The maximum absolute atomic E-state index is 10.7. The van der Waals surface area contributed by atoms with Crippen molar-refractivity contribution in [3.8, 4) is 0 Å². The Labute approximate surface area is 101 Å². The van der Waals surface area contributed by atoms with Crippen LogP contribution in [-0.2, 0) is 0 Å². The van der Waals surface area contributed by atoms with E-state index in [9.17, 15) is 10.1 Å². The molecule has 1 atom stereocenters. The van der Waals surface area contributed by atoms with Crippen LogP contribution in [0.3, 0.4) is 0 Å². The summed E-state index contributed by atoms with van der Waals surface area (Å²) in [4.78, 5) is 10.4. The lowest BCUT2D eigenvalue weighted by molar-refractivity contribution is -0.384. The number of hydrogen-bond acceptors (Lipinski definition) is 4. The smallest absolute Gasteiger partial charge is 0.293 e. The summed E-state index contributed by atoms with van der Waals surface area (Å²) >= 11 is 2.04. The zero-order chi connectivity index (χ0) is 11.4. The molecule has 15 heavy (non-hydrogen) atoms. The van der Waals surface area contributed by atoms with Gasteiger partial charge in [-0.2, -0.15) is 0 Å². The van der Waals surface area contributed by atoms with Crippen LogP contribution >= 0.6 is 22.6 Å². The number of hydrogen-bond donors (Lipinski definition) is 2. The Hall–Kier alpha value is -0.890. The number of nitro groups is 1. The summed E-state index contributed by atoms with van der Waals surface area (Å²) in [7, 11) is 0. The predicted molar refractivity (Wildman–Crippen MR) is 68.0 cm³/mol. The number of rotatable bonds is 4. The van der Waals surface area contributed by atoms with Gasteiger partial charge >= 0.3 is 0 Å². The number of anilines is 1. The van der Waals surface area contributed by atoms with Crippen molar-refractivity contribution in [1.82, 2.24) is 0 Å². The molecule has 0 radical (unpaired) electrons. The van der Waals surface area contributed by atoms with Gasteiger partial charge in [-0.3, -0.25) is 10.1 Å². The molecule has 0 aliphatic rings. The van der Waals surface area contributed by atoms with Gasteiger partial charge in [-0.1, -0.05) is 0 Å². The van der Waals surface area contributed by atoms with Crippen molar-refractivity contribution >= 4 is 34.0 Å². The molecule has 0 spiro atoms. The largest absolute Gasteiger partial charge is 0.378 e. The molecule has 0 heterocycles.